The number of hydrogen-bond acceptors (Lipinski definition) is 5. The molecule has 0 aliphatic rings. The van der Waals surface area contributed by atoms with E-state index in [4.69, 9.17) is 10.00 Å². The molecule has 7 nitrogen and oxygen atoms in total. The van der Waals surface area contributed by atoms with Crippen molar-refractivity contribution in [2.45, 2.75) is 20.3 Å². The summed E-state index contributed by atoms with van der Waals surface area (Å²) < 4.78 is 5.01. The van der Waals surface area contributed by atoms with Gasteiger partial charge in [0.05, 0.1) is 29.9 Å². The summed E-state index contributed by atoms with van der Waals surface area (Å²) in [5.74, 6) is -0.307. The maximum absolute atomic E-state index is 12.1. The van der Waals surface area contributed by atoms with Gasteiger partial charge in [0.15, 0.2) is 0 Å². The number of nitro groups is 1. The van der Waals surface area contributed by atoms with Crippen LogP contribution in [0.25, 0.3) is 0 Å². The van der Waals surface area contributed by atoms with Crippen molar-refractivity contribution in [3.8, 4) is 11.8 Å². The maximum atomic E-state index is 12.1. The highest BCUT2D eigenvalue weighted by atomic mass is 16.6. The summed E-state index contributed by atoms with van der Waals surface area (Å²) in [7, 11) is 1.35. The number of nitro benzene ring substituents is 1. The van der Waals surface area contributed by atoms with Gasteiger partial charge in [-0.05, 0) is 19.4 Å². The number of amides is 1. The van der Waals surface area contributed by atoms with E-state index in [1.54, 1.807) is 6.92 Å². The van der Waals surface area contributed by atoms with Gasteiger partial charge in [0.25, 0.3) is 5.69 Å². The summed E-state index contributed by atoms with van der Waals surface area (Å²) in [5.41, 5.74) is -1.01. The van der Waals surface area contributed by atoms with Crippen LogP contribution in [0.4, 0.5) is 11.4 Å². The Balaban J connectivity index is 3.07. The molecule has 7 heteroatoms. The van der Waals surface area contributed by atoms with Crippen molar-refractivity contribution < 1.29 is 14.5 Å². The van der Waals surface area contributed by atoms with Crippen molar-refractivity contribution in [1.82, 2.24) is 0 Å². The number of nitrogens with one attached hydrogen (secondary N) is 1. The van der Waals surface area contributed by atoms with Crippen molar-refractivity contribution in [2.75, 3.05) is 12.4 Å². The summed E-state index contributed by atoms with van der Waals surface area (Å²) in [6, 6.07) is 5.80. The lowest BCUT2D eigenvalue weighted by Gasteiger charge is -2.19. The molecule has 1 aromatic carbocycles. The Morgan fingerprint density at radius 1 is 1.60 bits per heavy atom. The molecular formula is C13H15N3O4. The monoisotopic (exact) mass is 277 g/mol. The standard InChI is InChI=1S/C13H15N3O4/c1-4-13(2,8-14)12(17)15-10-6-5-9(16(18)19)7-11(10)20-3/h5-7H,4H2,1-3H3,(H,15,17). The van der Waals surface area contributed by atoms with Crippen LogP contribution in [0.2, 0.25) is 0 Å². The third-order valence-electron chi connectivity index (χ3n) is 3.10. The zero-order valence-electron chi connectivity index (χ0n) is 11.5. The predicted molar refractivity (Wildman–Crippen MR) is 72.3 cm³/mol. The van der Waals surface area contributed by atoms with Crippen LogP contribution >= 0.6 is 0 Å². The van der Waals surface area contributed by atoms with Gasteiger partial charge in [-0.1, -0.05) is 6.92 Å². The Morgan fingerprint density at radius 3 is 2.70 bits per heavy atom. The molecule has 20 heavy (non-hydrogen) atoms. The predicted octanol–water partition coefficient (Wildman–Crippen LogP) is 2.48. The van der Waals surface area contributed by atoms with E-state index < -0.39 is 16.2 Å². The number of nitrogens with zero attached hydrogens (tertiary/aromatic N) is 2. The third kappa shape index (κ3) is 3.03. The molecule has 0 saturated heterocycles. The van der Waals surface area contributed by atoms with Crippen molar-refractivity contribution in [2.24, 2.45) is 5.41 Å². The second-order valence-electron chi connectivity index (χ2n) is 4.39. The van der Waals surface area contributed by atoms with E-state index in [2.05, 4.69) is 5.32 Å². The number of hydrogen-bond donors (Lipinski definition) is 1. The lowest BCUT2D eigenvalue weighted by Crippen LogP contribution is -2.31. The van der Waals surface area contributed by atoms with Crippen molar-refractivity contribution in [3.05, 3.63) is 28.3 Å². The van der Waals surface area contributed by atoms with E-state index >= 15 is 0 Å². The molecule has 106 valence electrons. The Kier molecular flexibility index (Phi) is 4.64. The fourth-order valence-electron chi connectivity index (χ4n) is 1.45. The molecule has 0 heterocycles. The first-order chi connectivity index (χ1) is 9.37. The molecule has 0 aliphatic carbocycles. The number of non-ortho nitro benzene ring substituents is 1. The molecule has 1 atom stereocenters. The van der Waals surface area contributed by atoms with E-state index in [0.29, 0.717) is 6.42 Å². The number of rotatable bonds is 5. The molecule has 1 N–H and O–H groups in total. The number of benzene rings is 1. The molecule has 0 aromatic heterocycles. The molecule has 0 fully saturated rings. The minimum atomic E-state index is -1.16. The third-order valence-corrected chi connectivity index (χ3v) is 3.10. The summed E-state index contributed by atoms with van der Waals surface area (Å²) >= 11 is 0. The van der Waals surface area contributed by atoms with Crippen molar-refractivity contribution >= 4 is 17.3 Å². The highest BCUT2D eigenvalue weighted by Crippen LogP contribution is 2.31. The first-order valence-electron chi connectivity index (χ1n) is 5.93. The lowest BCUT2D eigenvalue weighted by atomic mass is 9.88. The quantitative estimate of drug-likeness (QED) is 0.657. The SMILES string of the molecule is CCC(C)(C#N)C(=O)Nc1ccc([N+](=O)[O-])cc1OC. The number of nitriles is 1. The second kappa shape index (κ2) is 6.02. The Bertz CT molecular complexity index is 579. The summed E-state index contributed by atoms with van der Waals surface area (Å²) in [4.78, 5) is 22.2. The van der Waals surface area contributed by atoms with Gasteiger partial charge in [0, 0.05) is 6.07 Å². The number of ether oxygens (including phenoxy) is 1. The average molecular weight is 277 g/mol. The van der Waals surface area contributed by atoms with Gasteiger partial charge in [0.2, 0.25) is 5.91 Å². The van der Waals surface area contributed by atoms with Gasteiger partial charge in [-0.25, -0.2) is 0 Å². The van der Waals surface area contributed by atoms with Crippen molar-refractivity contribution in [1.29, 1.82) is 5.26 Å². The fourth-order valence-corrected chi connectivity index (χ4v) is 1.45. The first kappa shape index (κ1) is 15.4. The molecule has 1 amide bonds. The minimum Gasteiger partial charge on any atom is -0.494 e. The summed E-state index contributed by atoms with van der Waals surface area (Å²) in [6.07, 6.45) is 0.352. The number of carbonyl (C=O) groups is 1. The zero-order valence-corrected chi connectivity index (χ0v) is 11.5. The lowest BCUT2D eigenvalue weighted by molar-refractivity contribution is -0.384. The van der Waals surface area contributed by atoms with E-state index in [1.165, 1.54) is 32.2 Å². The molecule has 0 spiro atoms. The van der Waals surface area contributed by atoms with Crippen LogP contribution < -0.4 is 10.1 Å². The maximum Gasteiger partial charge on any atom is 0.273 e. The van der Waals surface area contributed by atoms with Gasteiger partial charge >= 0.3 is 0 Å². The molecule has 0 aliphatic heterocycles. The van der Waals surface area contributed by atoms with E-state index in [0.717, 1.165) is 0 Å². The van der Waals surface area contributed by atoms with Gasteiger partial charge < -0.3 is 10.1 Å². The largest absolute Gasteiger partial charge is 0.494 e. The second-order valence-corrected chi connectivity index (χ2v) is 4.39. The minimum absolute atomic E-state index is 0.140. The summed E-state index contributed by atoms with van der Waals surface area (Å²) in [6.45, 7) is 3.26. The molecule has 1 aromatic rings. The van der Waals surface area contributed by atoms with Crippen LogP contribution in [-0.4, -0.2) is 17.9 Å². The highest BCUT2D eigenvalue weighted by Gasteiger charge is 2.31. The number of anilines is 1. The molecule has 0 bridgehead atoms. The molecule has 1 rings (SSSR count). The Hall–Kier alpha value is -2.62. The van der Waals surface area contributed by atoms with E-state index in [1.807, 2.05) is 6.07 Å². The van der Waals surface area contributed by atoms with Crippen molar-refractivity contribution in [3.63, 3.8) is 0 Å². The van der Waals surface area contributed by atoms with Gasteiger partial charge in [0.1, 0.15) is 11.2 Å². The number of methoxy groups -OCH3 is 1. The molecule has 0 saturated carbocycles. The summed E-state index contributed by atoms with van der Waals surface area (Å²) in [5, 5.41) is 22.3. The topological polar surface area (TPSA) is 105 Å². The smallest absolute Gasteiger partial charge is 0.273 e. The van der Waals surface area contributed by atoms with Crippen LogP contribution in [0.1, 0.15) is 20.3 Å². The molecular weight excluding hydrogens is 262 g/mol. The molecule has 0 radical (unpaired) electrons. The zero-order chi connectivity index (χ0) is 15.3. The normalized spacial score (nSPS) is 12.9. The van der Waals surface area contributed by atoms with Crippen LogP contribution in [0.15, 0.2) is 18.2 Å². The van der Waals surface area contributed by atoms with Crippen LogP contribution in [0, 0.1) is 26.9 Å². The first-order valence-corrected chi connectivity index (χ1v) is 5.93. The fraction of sp³-hybridized carbons (Fsp3) is 0.385. The average Bonchev–Trinajstić information content (AvgIpc) is 2.46. The van der Waals surface area contributed by atoms with Crippen LogP contribution in [0.5, 0.6) is 5.75 Å². The molecule has 1 unspecified atom stereocenters. The number of carbonyl (C=O) groups excluding carboxylic acids is 1. The van der Waals surface area contributed by atoms with E-state index in [9.17, 15) is 14.9 Å². The van der Waals surface area contributed by atoms with Gasteiger partial charge in [-0.2, -0.15) is 5.26 Å². The van der Waals surface area contributed by atoms with Gasteiger partial charge in [-0.3, -0.25) is 14.9 Å². The van der Waals surface area contributed by atoms with Crippen LogP contribution in [0.3, 0.4) is 0 Å². The Labute approximate surface area is 116 Å². The van der Waals surface area contributed by atoms with E-state index in [-0.39, 0.29) is 17.1 Å². The Morgan fingerprint density at radius 2 is 2.25 bits per heavy atom. The van der Waals surface area contributed by atoms with Gasteiger partial charge in [-0.15, -0.1) is 0 Å². The highest BCUT2D eigenvalue weighted by molar-refractivity contribution is 5.98. The van der Waals surface area contributed by atoms with Crippen LogP contribution in [-0.2, 0) is 4.79 Å².